The number of carbonyl (C=O) groups excluding carboxylic acids is 1. The van der Waals surface area contributed by atoms with Gasteiger partial charge in [0.05, 0.1) is 12.2 Å². The molecule has 0 aliphatic heterocycles. The molecule has 0 aliphatic rings. The summed E-state index contributed by atoms with van der Waals surface area (Å²) in [5, 5.41) is 0. The highest BCUT2D eigenvalue weighted by Crippen LogP contribution is 2.08. The summed E-state index contributed by atoms with van der Waals surface area (Å²) >= 11 is 0. The fourth-order valence-corrected chi connectivity index (χ4v) is 2.00. The van der Waals surface area contributed by atoms with Crippen molar-refractivity contribution in [3.8, 4) is 0 Å². The Balaban J connectivity index is 2.31. The van der Waals surface area contributed by atoms with E-state index >= 15 is 0 Å². The summed E-state index contributed by atoms with van der Waals surface area (Å²) in [6.07, 6.45) is 6.61. The highest BCUT2D eigenvalue weighted by molar-refractivity contribution is 5.76. The van der Waals surface area contributed by atoms with Crippen LogP contribution in [0.25, 0.3) is 0 Å². The molecule has 4 nitrogen and oxygen atoms in total. The smallest absolute Gasteiger partial charge is 0.222 e. The van der Waals surface area contributed by atoms with Crippen LogP contribution in [0, 0.1) is 0 Å². The van der Waals surface area contributed by atoms with Crippen molar-refractivity contribution in [2.24, 2.45) is 5.73 Å². The molecule has 106 valence electrons. The van der Waals surface area contributed by atoms with E-state index in [1.54, 1.807) is 6.20 Å². The number of amides is 1. The van der Waals surface area contributed by atoms with E-state index in [2.05, 4.69) is 4.98 Å². The van der Waals surface area contributed by atoms with E-state index < -0.39 is 0 Å². The molecule has 0 aromatic carbocycles. The van der Waals surface area contributed by atoms with Crippen LogP contribution in [0.4, 0.5) is 0 Å². The van der Waals surface area contributed by atoms with Crippen LogP contribution in [0.1, 0.15) is 44.7 Å². The van der Waals surface area contributed by atoms with Crippen LogP contribution >= 0.6 is 0 Å². The number of pyridine rings is 1. The highest BCUT2D eigenvalue weighted by atomic mass is 16.2. The molecule has 0 saturated carbocycles. The Morgan fingerprint density at radius 2 is 2.05 bits per heavy atom. The Morgan fingerprint density at radius 1 is 1.26 bits per heavy atom. The zero-order valence-corrected chi connectivity index (χ0v) is 11.8. The van der Waals surface area contributed by atoms with Gasteiger partial charge in [-0.25, -0.2) is 0 Å². The van der Waals surface area contributed by atoms with Crippen LogP contribution in [0.2, 0.25) is 0 Å². The van der Waals surface area contributed by atoms with Gasteiger partial charge in [0, 0.05) is 19.2 Å². The fraction of sp³-hybridized carbons (Fsp3) is 0.600. The second-order valence-corrected chi connectivity index (χ2v) is 4.68. The maximum Gasteiger partial charge on any atom is 0.222 e. The van der Waals surface area contributed by atoms with E-state index in [1.165, 1.54) is 0 Å². The third-order valence-electron chi connectivity index (χ3n) is 3.16. The molecule has 2 N–H and O–H groups in total. The summed E-state index contributed by atoms with van der Waals surface area (Å²) < 4.78 is 0. The molecule has 0 fully saturated rings. The molecule has 0 aliphatic carbocycles. The molecule has 1 heterocycles. The number of unbranched alkanes of at least 4 members (excludes halogenated alkanes) is 3. The van der Waals surface area contributed by atoms with E-state index in [-0.39, 0.29) is 5.91 Å². The summed E-state index contributed by atoms with van der Waals surface area (Å²) in [6.45, 7) is 4.10. The summed E-state index contributed by atoms with van der Waals surface area (Å²) in [4.78, 5) is 18.2. The van der Waals surface area contributed by atoms with Crippen LogP contribution in [-0.2, 0) is 11.3 Å². The molecule has 0 spiro atoms. The quantitative estimate of drug-likeness (QED) is 0.696. The number of hydrogen-bond acceptors (Lipinski definition) is 3. The molecule has 0 atom stereocenters. The molecule has 0 radical (unpaired) electrons. The molecule has 4 heteroatoms. The van der Waals surface area contributed by atoms with Crippen LogP contribution < -0.4 is 5.73 Å². The van der Waals surface area contributed by atoms with Gasteiger partial charge in [-0.1, -0.05) is 18.9 Å². The molecule has 0 unspecified atom stereocenters. The lowest BCUT2D eigenvalue weighted by Gasteiger charge is -2.20. The summed E-state index contributed by atoms with van der Waals surface area (Å²) in [5.74, 6) is 0.223. The molecule has 1 rings (SSSR count). The lowest BCUT2D eigenvalue weighted by atomic mass is 10.1. The summed E-state index contributed by atoms with van der Waals surface area (Å²) in [7, 11) is 0. The predicted octanol–water partition coefficient (Wildman–Crippen LogP) is 2.34. The van der Waals surface area contributed by atoms with Crippen molar-refractivity contribution in [2.75, 3.05) is 13.1 Å². The van der Waals surface area contributed by atoms with E-state index in [0.29, 0.717) is 13.0 Å². The van der Waals surface area contributed by atoms with Crippen molar-refractivity contribution in [2.45, 2.75) is 45.6 Å². The van der Waals surface area contributed by atoms with Crippen LogP contribution in [0.3, 0.4) is 0 Å². The zero-order valence-electron chi connectivity index (χ0n) is 11.8. The van der Waals surface area contributed by atoms with Crippen molar-refractivity contribution in [1.82, 2.24) is 9.88 Å². The number of aromatic nitrogens is 1. The van der Waals surface area contributed by atoms with Crippen LogP contribution in [0.15, 0.2) is 24.4 Å². The monoisotopic (exact) mass is 263 g/mol. The van der Waals surface area contributed by atoms with Crippen molar-refractivity contribution < 1.29 is 4.79 Å². The minimum absolute atomic E-state index is 0.223. The zero-order chi connectivity index (χ0) is 13.9. The van der Waals surface area contributed by atoms with Gasteiger partial charge in [-0.05, 0) is 38.4 Å². The SMILES string of the molecule is CCN(Cc1ccccn1)C(=O)CCCCCCN. The van der Waals surface area contributed by atoms with E-state index in [0.717, 1.165) is 44.5 Å². The Bertz CT molecular complexity index is 354. The Labute approximate surface area is 116 Å². The topological polar surface area (TPSA) is 59.2 Å². The van der Waals surface area contributed by atoms with Gasteiger partial charge in [-0.15, -0.1) is 0 Å². The molecular weight excluding hydrogens is 238 g/mol. The lowest BCUT2D eigenvalue weighted by molar-refractivity contribution is -0.131. The van der Waals surface area contributed by atoms with Crippen molar-refractivity contribution >= 4 is 5.91 Å². The maximum atomic E-state index is 12.1. The second kappa shape index (κ2) is 9.50. The Kier molecular flexibility index (Phi) is 7.82. The van der Waals surface area contributed by atoms with Crippen LogP contribution in [0.5, 0.6) is 0 Å². The van der Waals surface area contributed by atoms with Gasteiger partial charge < -0.3 is 10.6 Å². The van der Waals surface area contributed by atoms with Gasteiger partial charge in [-0.3, -0.25) is 9.78 Å². The first-order valence-electron chi connectivity index (χ1n) is 7.15. The molecule has 1 amide bonds. The van der Waals surface area contributed by atoms with Crippen LogP contribution in [-0.4, -0.2) is 28.9 Å². The van der Waals surface area contributed by atoms with Crippen molar-refractivity contribution in [3.63, 3.8) is 0 Å². The Hall–Kier alpha value is -1.42. The Morgan fingerprint density at radius 3 is 2.68 bits per heavy atom. The van der Waals surface area contributed by atoms with Crippen molar-refractivity contribution in [1.29, 1.82) is 0 Å². The van der Waals surface area contributed by atoms with E-state index in [9.17, 15) is 4.79 Å². The number of hydrogen-bond donors (Lipinski definition) is 1. The summed E-state index contributed by atoms with van der Waals surface area (Å²) in [5.41, 5.74) is 6.39. The fourth-order valence-electron chi connectivity index (χ4n) is 2.00. The third-order valence-corrected chi connectivity index (χ3v) is 3.16. The minimum Gasteiger partial charge on any atom is -0.337 e. The molecule has 19 heavy (non-hydrogen) atoms. The standard InChI is InChI=1S/C15H25N3O/c1-2-18(13-14-9-6-8-12-17-14)15(19)10-5-3-4-7-11-16/h6,8-9,12H,2-5,7,10-11,13,16H2,1H3. The highest BCUT2D eigenvalue weighted by Gasteiger charge is 2.11. The molecule has 1 aromatic rings. The average molecular weight is 263 g/mol. The van der Waals surface area contributed by atoms with Gasteiger partial charge in [0.2, 0.25) is 5.91 Å². The number of carbonyl (C=O) groups is 1. The minimum atomic E-state index is 0.223. The first kappa shape index (κ1) is 15.6. The van der Waals surface area contributed by atoms with Gasteiger partial charge in [0.25, 0.3) is 0 Å². The lowest BCUT2D eigenvalue weighted by Crippen LogP contribution is -2.30. The number of rotatable bonds is 9. The first-order chi connectivity index (χ1) is 9.27. The van der Waals surface area contributed by atoms with Gasteiger partial charge in [-0.2, -0.15) is 0 Å². The van der Waals surface area contributed by atoms with Crippen molar-refractivity contribution in [3.05, 3.63) is 30.1 Å². The molecule has 0 bridgehead atoms. The second-order valence-electron chi connectivity index (χ2n) is 4.68. The summed E-state index contributed by atoms with van der Waals surface area (Å²) in [6, 6.07) is 5.80. The number of nitrogens with two attached hydrogens (primary N) is 1. The van der Waals surface area contributed by atoms with E-state index in [1.807, 2.05) is 30.0 Å². The average Bonchev–Trinajstić information content (AvgIpc) is 2.45. The molecule has 1 aromatic heterocycles. The third kappa shape index (κ3) is 6.34. The molecular formula is C15H25N3O. The van der Waals surface area contributed by atoms with Gasteiger partial charge in [0.1, 0.15) is 0 Å². The number of nitrogens with zero attached hydrogens (tertiary/aromatic N) is 2. The maximum absolute atomic E-state index is 12.1. The first-order valence-corrected chi connectivity index (χ1v) is 7.15. The largest absolute Gasteiger partial charge is 0.337 e. The molecule has 0 saturated heterocycles. The van der Waals surface area contributed by atoms with Gasteiger partial charge >= 0.3 is 0 Å². The normalized spacial score (nSPS) is 10.4. The van der Waals surface area contributed by atoms with Gasteiger partial charge in [0.15, 0.2) is 0 Å². The van der Waals surface area contributed by atoms with E-state index in [4.69, 9.17) is 5.73 Å². The predicted molar refractivity (Wildman–Crippen MR) is 77.5 cm³/mol.